The molecule has 1 N–H and O–H groups in total. The molecule has 0 spiro atoms. The Hall–Kier alpha value is -2.11. The number of hydrogen-bond acceptors (Lipinski definition) is 4. The molecule has 0 saturated carbocycles. The van der Waals surface area contributed by atoms with E-state index in [0.29, 0.717) is 0 Å². The Morgan fingerprint density at radius 1 is 1.43 bits per heavy atom. The molecule has 1 fully saturated rings. The molecule has 0 radical (unpaired) electrons. The Bertz CT molecular complexity index is 733. The van der Waals surface area contributed by atoms with Gasteiger partial charge in [0.05, 0.1) is 16.8 Å². The quantitative estimate of drug-likeness (QED) is 0.918. The van der Waals surface area contributed by atoms with Crippen LogP contribution in [0, 0.1) is 6.92 Å². The first-order valence-electron chi connectivity index (χ1n) is 7.16. The SMILES string of the molecule is Cc1nn(C)c2ncc(C(=O)O)c(N3CCCC3(C)C)c12. The van der Waals surface area contributed by atoms with Crippen molar-refractivity contribution in [3.63, 3.8) is 0 Å². The lowest BCUT2D eigenvalue weighted by Gasteiger charge is -2.35. The molecule has 0 bridgehead atoms. The summed E-state index contributed by atoms with van der Waals surface area (Å²) < 4.78 is 1.71. The summed E-state index contributed by atoms with van der Waals surface area (Å²) in [6, 6.07) is 0. The number of carboxylic acid groups (broad SMARTS) is 1. The van der Waals surface area contributed by atoms with Crippen molar-refractivity contribution in [2.24, 2.45) is 7.05 Å². The van der Waals surface area contributed by atoms with E-state index in [2.05, 4.69) is 28.8 Å². The Kier molecular flexibility index (Phi) is 2.93. The minimum Gasteiger partial charge on any atom is -0.478 e. The van der Waals surface area contributed by atoms with Crippen molar-refractivity contribution >= 4 is 22.7 Å². The van der Waals surface area contributed by atoms with E-state index >= 15 is 0 Å². The minimum absolute atomic E-state index is 0.0548. The Labute approximate surface area is 123 Å². The van der Waals surface area contributed by atoms with Gasteiger partial charge < -0.3 is 10.0 Å². The Morgan fingerprint density at radius 2 is 2.14 bits per heavy atom. The van der Waals surface area contributed by atoms with E-state index in [-0.39, 0.29) is 11.1 Å². The average Bonchev–Trinajstić information content (AvgIpc) is 2.89. The third kappa shape index (κ3) is 1.97. The molecule has 1 aliphatic heterocycles. The molecule has 6 nitrogen and oxygen atoms in total. The molecule has 0 aliphatic carbocycles. The molecule has 3 heterocycles. The molecule has 2 aromatic rings. The van der Waals surface area contributed by atoms with Gasteiger partial charge in [-0.2, -0.15) is 5.10 Å². The first-order chi connectivity index (χ1) is 9.83. The van der Waals surface area contributed by atoms with Crippen molar-refractivity contribution in [2.75, 3.05) is 11.4 Å². The van der Waals surface area contributed by atoms with E-state index in [1.807, 2.05) is 14.0 Å². The molecule has 1 aliphatic rings. The van der Waals surface area contributed by atoms with Gasteiger partial charge in [0.15, 0.2) is 5.65 Å². The number of aromatic carboxylic acids is 1. The lowest BCUT2D eigenvalue weighted by molar-refractivity contribution is 0.0697. The van der Waals surface area contributed by atoms with E-state index in [1.165, 1.54) is 6.20 Å². The van der Waals surface area contributed by atoms with Crippen molar-refractivity contribution < 1.29 is 9.90 Å². The van der Waals surface area contributed by atoms with Crippen LogP contribution < -0.4 is 4.90 Å². The smallest absolute Gasteiger partial charge is 0.339 e. The summed E-state index contributed by atoms with van der Waals surface area (Å²) in [7, 11) is 1.83. The van der Waals surface area contributed by atoms with Crippen molar-refractivity contribution in [2.45, 2.75) is 39.2 Å². The minimum atomic E-state index is -0.939. The second-order valence-electron chi connectivity index (χ2n) is 6.30. The molecular weight excluding hydrogens is 268 g/mol. The number of aryl methyl sites for hydroxylation is 2. The number of aromatic nitrogens is 3. The zero-order valence-corrected chi connectivity index (χ0v) is 12.8. The van der Waals surface area contributed by atoms with Gasteiger partial charge in [-0.3, -0.25) is 4.68 Å². The summed E-state index contributed by atoms with van der Waals surface area (Å²) in [4.78, 5) is 18.2. The highest BCUT2D eigenvalue weighted by atomic mass is 16.4. The van der Waals surface area contributed by atoms with Gasteiger partial charge in [0.1, 0.15) is 5.56 Å². The first kappa shape index (κ1) is 13.9. The highest BCUT2D eigenvalue weighted by Crippen LogP contribution is 2.40. The predicted molar refractivity (Wildman–Crippen MR) is 80.9 cm³/mol. The summed E-state index contributed by atoms with van der Waals surface area (Å²) in [5, 5.41) is 14.8. The zero-order chi connectivity index (χ0) is 15.4. The topological polar surface area (TPSA) is 71.2 Å². The summed E-state index contributed by atoms with van der Waals surface area (Å²) >= 11 is 0. The van der Waals surface area contributed by atoms with E-state index < -0.39 is 5.97 Å². The largest absolute Gasteiger partial charge is 0.478 e. The van der Waals surface area contributed by atoms with E-state index in [9.17, 15) is 9.90 Å². The number of carbonyl (C=O) groups is 1. The van der Waals surface area contributed by atoms with Crippen LogP contribution in [0.15, 0.2) is 6.20 Å². The van der Waals surface area contributed by atoms with Crippen LogP contribution in [0.3, 0.4) is 0 Å². The van der Waals surface area contributed by atoms with E-state index in [1.54, 1.807) is 4.68 Å². The number of rotatable bonds is 2. The third-order valence-electron chi connectivity index (χ3n) is 4.40. The molecule has 3 rings (SSSR count). The molecule has 0 amide bonds. The van der Waals surface area contributed by atoms with Crippen molar-refractivity contribution in [1.82, 2.24) is 14.8 Å². The van der Waals surface area contributed by atoms with Crippen LogP contribution in [0.1, 0.15) is 42.7 Å². The Balaban J connectivity index is 2.37. The second kappa shape index (κ2) is 4.44. The summed E-state index contributed by atoms with van der Waals surface area (Å²) in [5.41, 5.74) is 2.52. The number of anilines is 1. The van der Waals surface area contributed by atoms with Crippen LogP contribution in [0.25, 0.3) is 11.0 Å². The number of fused-ring (bicyclic) bond motifs is 1. The van der Waals surface area contributed by atoms with Gasteiger partial charge in [-0.25, -0.2) is 9.78 Å². The average molecular weight is 288 g/mol. The van der Waals surface area contributed by atoms with Gasteiger partial charge in [-0.1, -0.05) is 0 Å². The molecule has 6 heteroatoms. The standard InChI is InChI=1S/C15H20N4O2/c1-9-11-12(19-7-5-6-15(19,2)3)10(14(20)21)8-16-13(11)18(4)17-9/h8H,5-7H2,1-4H3,(H,20,21). The molecule has 21 heavy (non-hydrogen) atoms. The zero-order valence-electron chi connectivity index (χ0n) is 12.8. The van der Waals surface area contributed by atoms with Crippen LogP contribution in [0.5, 0.6) is 0 Å². The number of carboxylic acids is 1. The van der Waals surface area contributed by atoms with Gasteiger partial charge >= 0.3 is 5.97 Å². The summed E-state index contributed by atoms with van der Waals surface area (Å²) in [6.45, 7) is 7.08. The van der Waals surface area contributed by atoms with Crippen LogP contribution in [-0.2, 0) is 7.05 Å². The number of nitrogens with zero attached hydrogens (tertiary/aromatic N) is 4. The summed E-state index contributed by atoms with van der Waals surface area (Å²) in [5.74, 6) is -0.939. The van der Waals surface area contributed by atoms with Gasteiger partial charge in [0.2, 0.25) is 0 Å². The molecule has 0 atom stereocenters. The highest BCUT2D eigenvalue weighted by molar-refractivity contribution is 6.05. The second-order valence-corrected chi connectivity index (χ2v) is 6.30. The van der Waals surface area contributed by atoms with Gasteiger partial charge in [-0.05, 0) is 33.6 Å². The molecule has 0 unspecified atom stereocenters. The van der Waals surface area contributed by atoms with Crippen molar-refractivity contribution in [1.29, 1.82) is 0 Å². The summed E-state index contributed by atoms with van der Waals surface area (Å²) in [6.07, 6.45) is 3.57. The molecule has 112 valence electrons. The maximum atomic E-state index is 11.7. The fourth-order valence-electron chi connectivity index (χ4n) is 3.35. The monoisotopic (exact) mass is 288 g/mol. The van der Waals surface area contributed by atoms with Gasteiger partial charge in [-0.15, -0.1) is 0 Å². The predicted octanol–water partition coefficient (Wildman–Crippen LogP) is 2.35. The molecule has 0 aromatic carbocycles. The third-order valence-corrected chi connectivity index (χ3v) is 4.40. The highest BCUT2D eigenvalue weighted by Gasteiger charge is 2.36. The maximum absolute atomic E-state index is 11.7. The van der Waals surface area contributed by atoms with E-state index in [0.717, 1.165) is 41.8 Å². The van der Waals surface area contributed by atoms with E-state index in [4.69, 9.17) is 0 Å². The Morgan fingerprint density at radius 3 is 2.71 bits per heavy atom. The van der Waals surface area contributed by atoms with Crippen molar-refractivity contribution in [3.05, 3.63) is 17.5 Å². The van der Waals surface area contributed by atoms with Gasteiger partial charge in [0, 0.05) is 25.3 Å². The van der Waals surface area contributed by atoms with Gasteiger partial charge in [0.25, 0.3) is 0 Å². The fourth-order valence-corrected chi connectivity index (χ4v) is 3.35. The maximum Gasteiger partial charge on any atom is 0.339 e. The van der Waals surface area contributed by atoms with Crippen LogP contribution in [-0.4, -0.2) is 37.9 Å². The first-order valence-corrected chi connectivity index (χ1v) is 7.16. The van der Waals surface area contributed by atoms with Crippen LogP contribution in [0.4, 0.5) is 5.69 Å². The normalized spacial score (nSPS) is 17.6. The lowest BCUT2D eigenvalue weighted by Crippen LogP contribution is -2.39. The van der Waals surface area contributed by atoms with Crippen LogP contribution in [0.2, 0.25) is 0 Å². The molecule has 1 saturated heterocycles. The number of pyridine rings is 1. The molecule has 2 aromatic heterocycles. The molecular formula is C15H20N4O2. The number of hydrogen-bond donors (Lipinski definition) is 1. The lowest BCUT2D eigenvalue weighted by atomic mass is 10.00. The van der Waals surface area contributed by atoms with Crippen molar-refractivity contribution in [3.8, 4) is 0 Å². The fraction of sp³-hybridized carbons (Fsp3) is 0.533. The van der Waals surface area contributed by atoms with Crippen LogP contribution >= 0.6 is 0 Å².